The fourth-order valence-electron chi connectivity index (χ4n) is 15.0. The molecule has 4 heteroatoms. The molecule has 0 saturated carbocycles. The molecule has 6 aromatic carbocycles. The maximum atomic E-state index is 2.81. The molecule has 1 aromatic heterocycles. The van der Waals surface area contributed by atoms with Crippen molar-refractivity contribution in [3.8, 4) is 11.1 Å². The first-order valence-corrected chi connectivity index (χ1v) is 29.7. The number of thiophene rings is 1. The summed E-state index contributed by atoms with van der Waals surface area (Å²) in [4.78, 5) is 5.57. The molecule has 7 aromatic rings. The second-order valence-electron chi connectivity index (χ2n) is 28.8. The van der Waals surface area contributed by atoms with E-state index in [-0.39, 0.29) is 39.2 Å². The number of rotatable bonds is 3. The van der Waals surface area contributed by atoms with Gasteiger partial charge in [-0.15, -0.1) is 11.3 Å². The van der Waals surface area contributed by atoms with Gasteiger partial charge in [-0.1, -0.05) is 133 Å². The number of fused-ring (bicyclic) bond motifs is 10. The molecule has 74 heavy (non-hydrogen) atoms. The van der Waals surface area contributed by atoms with Crippen molar-refractivity contribution >= 4 is 78.0 Å². The Morgan fingerprint density at radius 1 is 0.473 bits per heavy atom. The smallest absolute Gasteiger partial charge is 0.264 e. The van der Waals surface area contributed by atoms with Crippen molar-refractivity contribution in [1.29, 1.82) is 0 Å². The summed E-state index contributed by atoms with van der Waals surface area (Å²) in [5.74, 6) is 0. The summed E-state index contributed by atoms with van der Waals surface area (Å²) >= 11 is 2.06. The zero-order valence-corrected chi connectivity index (χ0v) is 48.3. The van der Waals surface area contributed by atoms with Crippen LogP contribution >= 0.6 is 11.3 Å². The minimum Gasteiger partial charge on any atom is -0.311 e. The predicted octanol–water partition coefficient (Wildman–Crippen LogP) is 17.7. The molecule has 0 atom stereocenters. The van der Waals surface area contributed by atoms with Crippen LogP contribution in [0.4, 0.5) is 34.1 Å². The topological polar surface area (TPSA) is 6.48 Å². The molecule has 380 valence electrons. The quantitative estimate of drug-likeness (QED) is 0.163. The van der Waals surface area contributed by atoms with Crippen molar-refractivity contribution in [3.63, 3.8) is 0 Å². The van der Waals surface area contributed by atoms with Crippen LogP contribution in [0.3, 0.4) is 0 Å². The van der Waals surface area contributed by atoms with Crippen LogP contribution in [-0.4, -0.2) is 6.71 Å². The molecule has 3 heterocycles. The Labute approximate surface area is 449 Å². The van der Waals surface area contributed by atoms with E-state index < -0.39 is 0 Å². The van der Waals surface area contributed by atoms with Gasteiger partial charge in [-0.3, -0.25) is 0 Å². The van der Waals surface area contributed by atoms with Gasteiger partial charge < -0.3 is 9.80 Å². The molecule has 0 spiro atoms. The van der Waals surface area contributed by atoms with Crippen LogP contribution in [0, 0.1) is 0 Å². The van der Waals surface area contributed by atoms with Crippen LogP contribution in [0.1, 0.15) is 204 Å². The lowest BCUT2D eigenvalue weighted by atomic mass is 9.35. The van der Waals surface area contributed by atoms with Crippen LogP contribution < -0.4 is 25.5 Å². The van der Waals surface area contributed by atoms with Crippen molar-refractivity contribution < 1.29 is 0 Å². The third kappa shape index (κ3) is 7.36. The standard InChI is InChI=1S/C70H81BN2S/c1-65(2,3)45-23-26-47(27-24-45)73-59-37-44(61-49-21-17-15-19-42(49)35-43-20-16-18-22-50(43)61)36-58-62(59)71(64-63(73)51-38-46(66(4,5)6)25-30-60(51)74-64)56-40-54-55(70(13,14)34-33-69(54,11)12)41-57(56)72(58)48-28-29-52-53(39-48)68(9,10)32-31-67(52,7)8/h23-30,35-41H,15-22,31-34H2,1-14H3. The molecule has 2 nitrogen and oxygen atoms in total. The largest absolute Gasteiger partial charge is 0.311 e. The molecule has 0 unspecified atom stereocenters. The Morgan fingerprint density at radius 2 is 0.986 bits per heavy atom. The van der Waals surface area contributed by atoms with Crippen LogP contribution in [-0.2, 0) is 58.2 Å². The van der Waals surface area contributed by atoms with Gasteiger partial charge in [-0.05, 0) is 242 Å². The van der Waals surface area contributed by atoms with E-state index >= 15 is 0 Å². The average Bonchev–Trinajstić information content (AvgIpc) is 3.85. The Morgan fingerprint density at radius 3 is 1.58 bits per heavy atom. The highest BCUT2D eigenvalue weighted by atomic mass is 32.1. The summed E-state index contributed by atoms with van der Waals surface area (Å²) in [5, 5.41) is 1.38. The molecule has 0 radical (unpaired) electrons. The molecule has 6 aliphatic rings. The Balaban J connectivity index is 1.20. The van der Waals surface area contributed by atoms with Gasteiger partial charge >= 0.3 is 0 Å². The van der Waals surface area contributed by atoms with Crippen LogP contribution in [0.2, 0.25) is 0 Å². The fraction of sp³-hybridized carbons (Fsp3) is 0.457. The minimum absolute atomic E-state index is 0.00858. The van der Waals surface area contributed by atoms with Crippen molar-refractivity contribution in [3.05, 3.63) is 147 Å². The molecular weight excluding hydrogens is 912 g/mol. The van der Waals surface area contributed by atoms with Gasteiger partial charge in [0.25, 0.3) is 6.71 Å². The summed E-state index contributed by atoms with van der Waals surface area (Å²) < 4.78 is 2.85. The maximum Gasteiger partial charge on any atom is 0.264 e. The number of nitrogens with zero attached hydrogens (tertiary/aromatic N) is 2. The summed E-state index contributed by atoms with van der Waals surface area (Å²) in [7, 11) is 0. The first-order chi connectivity index (χ1) is 34.9. The third-order valence-corrected chi connectivity index (χ3v) is 21.1. The van der Waals surface area contributed by atoms with E-state index in [1.807, 2.05) is 0 Å². The molecule has 0 saturated heterocycles. The molecular formula is C70H81BN2S. The van der Waals surface area contributed by atoms with Gasteiger partial charge in [0.2, 0.25) is 0 Å². The summed E-state index contributed by atoms with van der Waals surface area (Å²) in [6.45, 7) is 34.3. The number of aryl methyl sites for hydroxylation is 2. The SMILES string of the molecule is CC(C)(C)c1ccc(N2c3cc(-c4c5c(cc6c4CCCC6)CCCC5)cc4c3B(c3cc5c(cc3N4c3ccc4c(c3)C(C)(C)CCC4(C)C)C(C)(C)CCC5(C)C)c3sc4ccc(C(C)(C)C)cc4c32)cc1. The average molecular weight is 993 g/mol. The van der Waals surface area contributed by atoms with E-state index in [2.05, 4.69) is 209 Å². The minimum atomic E-state index is 0.00858. The van der Waals surface area contributed by atoms with E-state index in [1.165, 1.54) is 170 Å². The maximum absolute atomic E-state index is 2.81. The van der Waals surface area contributed by atoms with Crippen LogP contribution in [0.25, 0.3) is 21.2 Å². The number of anilines is 6. The number of benzene rings is 6. The van der Waals surface area contributed by atoms with Gasteiger partial charge in [-0.25, -0.2) is 0 Å². The highest BCUT2D eigenvalue weighted by Crippen LogP contribution is 2.55. The molecule has 0 fully saturated rings. The van der Waals surface area contributed by atoms with E-state index in [4.69, 9.17) is 0 Å². The van der Waals surface area contributed by atoms with Gasteiger partial charge in [0.05, 0.1) is 5.69 Å². The molecule has 0 bridgehead atoms. The number of hydrogen-bond donors (Lipinski definition) is 0. The molecule has 13 rings (SSSR count). The Hall–Kier alpha value is -5.06. The Bertz CT molecular complexity index is 3450. The van der Waals surface area contributed by atoms with Gasteiger partial charge in [0.1, 0.15) is 0 Å². The van der Waals surface area contributed by atoms with E-state index in [0.717, 1.165) is 0 Å². The monoisotopic (exact) mass is 993 g/mol. The highest BCUT2D eigenvalue weighted by Gasteiger charge is 2.49. The van der Waals surface area contributed by atoms with E-state index in [1.54, 1.807) is 33.4 Å². The van der Waals surface area contributed by atoms with Crippen LogP contribution in [0.5, 0.6) is 0 Å². The van der Waals surface area contributed by atoms with Crippen molar-refractivity contribution in [2.45, 2.75) is 206 Å². The molecule has 0 amide bonds. The first-order valence-electron chi connectivity index (χ1n) is 28.9. The molecule has 2 aliphatic heterocycles. The molecule has 0 N–H and O–H groups in total. The summed E-state index contributed by atoms with van der Waals surface area (Å²) in [6, 6.07) is 38.5. The summed E-state index contributed by atoms with van der Waals surface area (Å²) in [5.41, 5.74) is 29.7. The third-order valence-electron chi connectivity index (χ3n) is 19.8. The van der Waals surface area contributed by atoms with E-state index in [0.29, 0.717) is 0 Å². The molecule has 4 aliphatic carbocycles. The fourth-order valence-corrected chi connectivity index (χ4v) is 16.3. The zero-order valence-electron chi connectivity index (χ0n) is 47.5. The lowest BCUT2D eigenvalue weighted by molar-refractivity contribution is 0.332. The second-order valence-corrected chi connectivity index (χ2v) is 29.9. The Kier molecular flexibility index (Phi) is 10.7. The van der Waals surface area contributed by atoms with Gasteiger partial charge in [0, 0.05) is 43.3 Å². The van der Waals surface area contributed by atoms with Crippen molar-refractivity contribution in [2.75, 3.05) is 9.80 Å². The normalized spacial score (nSPS) is 19.7. The second kappa shape index (κ2) is 16.2. The van der Waals surface area contributed by atoms with Crippen LogP contribution in [0.15, 0.2) is 91.0 Å². The van der Waals surface area contributed by atoms with Gasteiger partial charge in [-0.2, -0.15) is 0 Å². The van der Waals surface area contributed by atoms with Crippen molar-refractivity contribution in [2.24, 2.45) is 0 Å². The highest BCUT2D eigenvalue weighted by molar-refractivity contribution is 7.33. The number of hydrogen-bond acceptors (Lipinski definition) is 3. The van der Waals surface area contributed by atoms with Crippen molar-refractivity contribution in [1.82, 2.24) is 0 Å². The van der Waals surface area contributed by atoms with E-state index in [9.17, 15) is 0 Å². The zero-order chi connectivity index (χ0) is 51.8. The predicted molar refractivity (Wildman–Crippen MR) is 323 cm³/mol. The lowest BCUT2D eigenvalue weighted by Crippen LogP contribution is -2.61. The van der Waals surface area contributed by atoms with Gasteiger partial charge in [0.15, 0.2) is 0 Å². The lowest BCUT2D eigenvalue weighted by Gasteiger charge is -2.47. The first kappa shape index (κ1) is 48.6. The summed E-state index contributed by atoms with van der Waals surface area (Å²) in [6.07, 6.45) is 14.6.